The Morgan fingerprint density at radius 3 is 2.67 bits per heavy atom. The third-order valence-corrected chi connectivity index (χ3v) is 3.91. The van der Waals surface area contributed by atoms with E-state index in [1.54, 1.807) is 0 Å². The molecule has 0 unspecified atom stereocenters. The van der Waals surface area contributed by atoms with Gasteiger partial charge in [0.25, 0.3) is 0 Å². The average molecular weight is 229 g/mol. The molecule has 0 aromatic heterocycles. The second-order valence-corrected chi connectivity index (χ2v) is 5.32. The molecule has 1 fully saturated rings. The van der Waals surface area contributed by atoms with Crippen LogP contribution in [0.1, 0.15) is 51.9 Å². The molecule has 1 rings (SSSR count). The zero-order valence-corrected chi connectivity index (χ0v) is 11.1. The maximum absolute atomic E-state index is 4.24. The number of hydrogen-bond acceptors (Lipinski definition) is 2. The predicted molar refractivity (Wildman–Crippen MR) is 71.7 cm³/mol. The monoisotopic (exact) mass is 229 g/mol. The number of unbranched alkanes of at least 4 members (excludes halogenated alkanes) is 1. The van der Waals surface area contributed by atoms with Crippen molar-refractivity contribution in [3.63, 3.8) is 0 Å². The molecule has 15 heavy (non-hydrogen) atoms. The predicted octanol–water partition coefficient (Wildman–Crippen LogP) is 3.50. The lowest BCUT2D eigenvalue weighted by atomic mass is 9.86. The van der Waals surface area contributed by atoms with Crippen LogP contribution in [0.4, 0.5) is 0 Å². The van der Waals surface area contributed by atoms with Gasteiger partial charge < -0.3 is 5.32 Å². The molecule has 0 spiro atoms. The second-order valence-electron chi connectivity index (χ2n) is 4.87. The minimum absolute atomic E-state index is 0.937. The minimum Gasteiger partial charge on any atom is -0.316 e. The van der Waals surface area contributed by atoms with Gasteiger partial charge in [0.05, 0.1) is 0 Å². The van der Waals surface area contributed by atoms with Crippen LogP contribution in [0.2, 0.25) is 0 Å². The van der Waals surface area contributed by atoms with E-state index in [-0.39, 0.29) is 0 Å². The zero-order chi connectivity index (χ0) is 10.9. The molecule has 2 heteroatoms. The van der Waals surface area contributed by atoms with Crippen LogP contribution in [0.3, 0.4) is 0 Å². The Morgan fingerprint density at radius 2 is 2.07 bits per heavy atom. The lowest BCUT2D eigenvalue weighted by Gasteiger charge is -2.23. The normalized spacial score (nSPS) is 19.6. The number of hydrogen-bond donors (Lipinski definition) is 2. The molecule has 1 atom stereocenters. The van der Waals surface area contributed by atoms with E-state index < -0.39 is 0 Å². The van der Waals surface area contributed by atoms with E-state index in [0.717, 1.165) is 24.1 Å². The molecule has 1 nitrogen and oxygen atoms in total. The van der Waals surface area contributed by atoms with Gasteiger partial charge in [-0.25, -0.2) is 0 Å². The molecule has 0 aliphatic heterocycles. The number of thiol groups is 1. The molecule has 0 heterocycles. The molecule has 0 aromatic carbocycles. The molecule has 0 aromatic rings. The first-order valence-corrected chi connectivity index (χ1v) is 7.33. The number of nitrogens with one attached hydrogen (secondary N) is 1. The lowest BCUT2D eigenvalue weighted by molar-refractivity contribution is 0.300. The topological polar surface area (TPSA) is 12.0 Å². The van der Waals surface area contributed by atoms with Gasteiger partial charge in [-0.15, -0.1) is 0 Å². The third kappa shape index (κ3) is 5.26. The fraction of sp³-hybridized carbons (Fsp3) is 1.00. The summed E-state index contributed by atoms with van der Waals surface area (Å²) in [4.78, 5) is 0. The van der Waals surface area contributed by atoms with E-state index in [1.165, 1.54) is 51.5 Å². The minimum atomic E-state index is 0.937. The van der Waals surface area contributed by atoms with Gasteiger partial charge in [0, 0.05) is 12.3 Å². The summed E-state index contributed by atoms with van der Waals surface area (Å²) >= 11 is 4.24. The fourth-order valence-corrected chi connectivity index (χ4v) is 2.92. The summed E-state index contributed by atoms with van der Waals surface area (Å²) in [6.07, 6.45) is 10.1. The molecule has 0 radical (unpaired) electrons. The van der Waals surface area contributed by atoms with Crippen molar-refractivity contribution in [2.75, 3.05) is 18.8 Å². The maximum Gasteiger partial charge on any atom is 0.00398 e. The second kappa shape index (κ2) is 8.46. The lowest BCUT2D eigenvalue weighted by Crippen LogP contribution is -2.28. The van der Waals surface area contributed by atoms with E-state index in [4.69, 9.17) is 0 Å². The highest BCUT2D eigenvalue weighted by Gasteiger charge is 2.23. The van der Waals surface area contributed by atoms with Crippen LogP contribution >= 0.6 is 12.6 Å². The molecular formula is C13H27NS. The van der Waals surface area contributed by atoms with Crippen molar-refractivity contribution in [1.82, 2.24) is 5.32 Å². The van der Waals surface area contributed by atoms with Crippen molar-refractivity contribution in [3.8, 4) is 0 Å². The van der Waals surface area contributed by atoms with Crippen LogP contribution in [0, 0.1) is 11.8 Å². The average Bonchev–Trinajstić information content (AvgIpc) is 2.76. The van der Waals surface area contributed by atoms with Crippen LogP contribution in [0.5, 0.6) is 0 Å². The van der Waals surface area contributed by atoms with Crippen LogP contribution in [0.15, 0.2) is 0 Å². The molecule has 0 bridgehead atoms. The van der Waals surface area contributed by atoms with Crippen molar-refractivity contribution in [2.24, 2.45) is 11.8 Å². The Bertz CT molecular complexity index is 143. The Balaban J connectivity index is 2.23. The van der Waals surface area contributed by atoms with Crippen LogP contribution in [0.25, 0.3) is 0 Å². The molecule has 0 saturated heterocycles. The number of rotatable bonds is 8. The van der Waals surface area contributed by atoms with Crippen molar-refractivity contribution < 1.29 is 0 Å². The van der Waals surface area contributed by atoms with E-state index >= 15 is 0 Å². The Hall–Kier alpha value is 0.310. The summed E-state index contributed by atoms with van der Waals surface area (Å²) in [5.41, 5.74) is 0. The molecule has 90 valence electrons. The van der Waals surface area contributed by atoms with Gasteiger partial charge in [-0.1, -0.05) is 45.4 Å². The van der Waals surface area contributed by atoms with Crippen LogP contribution in [-0.2, 0) is 0 Å². The first-order chi connectivity index (χ1) is 7.38. The van der Waals surface area contributed by atoms with E-state index in [9.17, 15) is 0 Å². The highest BCUT2D eigenvalue weighted by atomic mass is 32.1. The highest BCUT2D eigenvalue weighted by molar-refractivity contribution is 7.80. The smallest absolute Gasteiger partial charge is 0.00398 e. The molecule has 0 amide bonds. The van der Waals surface area contributed by atoms with Crippen molar-refractivity contribution >= 4 is 12.6 Å². The van der Waals surface area contributed by atoms with E-state index in [1.807, 2.05) is 0 Å². The van der Waals surface area contributed by atoms with Gasteiger partial charge in [-0.3, -0.25) is 0 Å². The molecule has 1 saturated carbocycles. The first kappa shape index (κ1) is 13.4. The quantitative estimate of drug-likeness (QED) is 0.479. The largest absolute Gasteiger partial charge is 0.316 e. The Morgan fingerprint density at radius 1 is 1.33 bits per heavy atom. The van der Waals surface area contributed by atoms with Gasteiger partial charge in [0.15, 0.2) is 0 Å². The van der Waals surface area contributed by atoms with E-state index in [2.05, 4.69) is 24.9 Å². The van der Waals surface area contributed by atoms with Crippen molar-refractivity contribution in [3.05, 3.63) is 0 Å². The summed E-state index contributed by atoms with van der Waals surface area (Å²) in [6.45, 7) is 4.59. The Labute approximate surface area is 101 Å². The standard InChI is InChI=1S/C13H27NS/c1-2-3-6-13(11-14-9-10-15)12-7-4-5-8-12/h12-15H,2-11H2,1H3/t13-/m0/s1. The van der Waals surface area contributed by atoms with Crippen LogP contribution in [-0.4, -0.2) is 18.8 Å². The molecule has 1 aliphatic rings. The van der Waals surface area contributed by atoms with Gasteiger partial charge in [0.1, 0.15) is 0 Å². The zero-order valence-electron chi connectivity index (χ0n) is 10.2. The molecule has 1 aliphatic carbocycles. The van der Waals surface area contributed by atoms with Gasteiger partial charge in [-0.2, -0.15) is 12.6 Å². The molecular weight excluding hydrogens is 202 g/mol. The van der Waals surface area contributed by atoms with Gasteiger partial charge >= 0.3 is 0 Å². The van der Waals surface area contributed by atoms with Crippen molar-refractivity contribution in [2.45, 2.75) is 51.9 Å². The highest BCUT2D eigenvalue weighted by Crippen LogP contribution is 2.33. The summed E-state index contributed by atoms with van der Waals surface area (Å²) in [6, 6.07) is 0. The van der Waals surface area contributed by atoms with Crippen LogP contribution < -0.4 is 5.32 Å². The van der Waals surface area contributed by atoms with Crippen molar-refractivity contribution in [1.29, 1.82) is 0 Å². The van der Waals surface area contributed by atoms with Gasteiger partial charge in [-0.05, 0) is 24.8 Å². The maximum atomic E-state index is 4.24. The summed E-state index contributed by atoms with van der Waals surface area (Å²) in [7, 11) is 0. The summed E-state index contributed by atoms with van der Waals surface area (Å²) < 4.78 is 0. The third-order valence-electron chi connectivity index (χ3n) is 3.69. The molecule has 1 N–H and O–H groups in total. The summed E-state index contributed by atoms with van der Waals surface area (Å²) in [5, 5.41) is 3.54. The van der Waals surface area contributed by atoms with Gasteiger partial charge in [0.2, 0.25) is 0 Å². The Kier molecular flexibility index (Phi) is 7.54. The first-order valence-electron chi connectivity index (χ1n) is 6.70. The fourth-order valence-electron chi connectivity index (χ4n) is 2.77. The SMILES string of the molecule is CCCC[C@@H](CNCCS)C1CCCC1. The van der Waals surface area contributed by atoms with E-state index in [0.29, 0.717) is 0 Å². The summed E-state index contributed by atoms with van der Waals surface area (Å²) in [5.74, 6) is 2.92.